The van der Waals surface area contributed by atoms with Crippen LogP contribution in [-0.4, -0.2) is 6.54 Å². The molecule has 0 spiro atoms. The molecule has 0 aliphatic heterocycles. The SMILES string of the molecule is CCNC(Cc1ccco1)c1cccc(C(F)(F)F)c1F. The summed E-state index contributed by atoms with van der Waals surface area (Å²) in [6.07, 6.45) is -2.96. The number of nitrogens with one attached hydrogen (secondary N) is 1. The van der Waals surface area contributed by atoms with Crippen molar-refractivity contribution in [3.05, 3.63) is 59.3 Å². The Morgan fingerprint density at radius 3 is 2.52 bits per heavy atom. The summed E-state index contributed by atoms with van der Waals surface area (Å²) < 4.78 is 57.7. The summed E-state index contributed by atoms with van der Waals surface area (Å²) in [6.45, 7) is 2.31. The van der Waals surface area contributed by atoms with Crippen molar-refractivity contribution in [3.8, 4) is 0 Å². The minimum Gasteiger partial charge on any atom is -0.469 e. The first-order chi connectivity index (χ1) is 9.93. The Balaban J connectivity index is 2.36. The fourth-order valence-electron chi connectivity index (χ4n) is 2.21. The Morgan fingerprint density at radius 2 is 1.95 bits per heavy atom. The Bertz CT molecular complexity index is 578. The first kappa shape index (κ1) is 15.6. The number of furan rings is 1. The molecule has 1 aromatic carbocycles. The second-order valence-corrected chi connectivity index (χ2v) is 4.60. The molecule has 0 aliphatic carbocycles. The zero-order valence-corrected chi connectivity index (χ0v) is 11.4. The van der Waals surface area contributed by atoms with Crippen LogP contribution < -0.4 is 5.32 Å². The summed E-state index contributed by atoms with van der Waals surface area (Å²) in [6, 6.07) is 6.13. The van der Waals surface area contributed by atoms with Gasteiger partial charge in [-0.15, -0.1) is 0 Å². The maximum Gasteiger partial charge on any atom is 0.419 e. The molecule has 1 aromatic heterocycles. The van der Waals surface area contributed by atoms with E-state index in [0.717, 1.165) is 6.07 Å². The molecule has 1 unspecified atom stereocenters. The number of rotatable bonds is 5. The van der Waals surface area contributed by atoms with Gasteiger partial charge in [0.1, 0.15) is 11.6 Å². The maximum absolute atomic E-state index is 14.2. The average molecular weight is 301 g/mol. The molecule has 0 amide bonds. The zero-order chi connectivity index (χ0) is 15.5. The number of halogens is 4. The number of hydrogen-bond acceptors (Lipinski definition) is 2. The highest BCUT2D eigenvalue weighted by Gasteiger charge is 2.35. The van der Waals surface area contributed by atoms with Crippen LogP contribution in [0.3, 0.4) is 0 Å². The summed E-state index contributed by atoms with van der Waals surface area (Å²) in [4.78, 5) is 0. The fourth-order valence-corrected chi connectivity index (χ4v) is 2.21. The fraction of sp³-hybridized carbons (Fsp3) is 0.333. The van der Waals surface area contributed by atoms with Crippen LogP contribution in [0.5, 0.6) is 0 Å². The molecular weight excluding hydrogens is 286 g/mol. The molecule has 2 aromatic rings. The van der Waals surface area contributed by atoms with Gasteiger partial charge < -0.3 is 9.73 Å². The van der Waals surface area contributed by atoms with Crippen molar-refractivity contribution in [1.82, 2.24) is 5.32 Å². The van der Waals surface area contributed by atoms with Crippen LogP contribution in [0.1, 0.15) is 29.9 Å². The van der Waals surface area contributed by atoms with Crippen LogP contribution in [-0.2, 0) is 12.6 Å². The highest BCUT2D eigenvalue weighted by Crippen LogP contribution is 2.34. The molecular formula is C15H15F4NO. The lowest BCUT2D eigenvalue weighted by molar-refractivity contribution is -0.140. The van der Waals surface area contributed by atoms with Gasteiger partial charge >= 0.3 is 6.18 Å². The lowest BCUT2D eigenvalue weighted by Crippen LogP contribution is -2.25. The lowest BCUT2D eigenvalue weighted by Gasteiger charge is -2.20. The molecule has 2 nitrogen and oxygen atoms in total. The third kappa shape index (κ3) is 3.64. The minimum atomic E-state index is -4.71. The topological polar surface area (TPSA) is 25.2 Å². The van der Waals surface area contributed by atoms with Gasteiger partial charge in [0, 0.05) is 18.0 Å². The van der Waals surface area contributed by atoms with Gasteiger partial charge in [-0.05, 0) is 24.7 Å². The molecule has 0 radical (unpaired) electrons. The summed E-state index contributed by atoms with van der Waals surface area (Å²) in [7, 11) is 0. The largest absolute Gasteiger partial charge is 0.469 e. The molecule has 21 heavy (non-hydrogen) atoms. The van der Waals surface area contributed by atoms with Gasteiger partial charge in [-0.1, -0.05) is 19.1 Å². The summed E-state index contributed by atoms with van der Waals surface area (Å²) >= 11 is 0. The van der Waals surface area contributed by atoms with Crippen molar-refractivity contribution in [2.45, 2.75) is 25.6 Å². The highest BCUT2D eigenvalue weighted by molar-refractivity contribution is 5.31. The van der Waals surface area contributed by atoms with Gasteiger partial charge in [0.2, 0.25) is 0 Å². The van der Waals surface area contributed by atoms with E-state index in [-0.39, 0.29) is 12.0 Å². The molecule has 0 bridgehead atoms. The van der Waals surface area contributed by atoms with Crippen molar-refractivity contribution in [2.24, 2.45) is 0 Å². The monoisotopic (exact) mass is 301 g/mol. The van der Waals surface area contributed by atoms with Crippen molar-refractivity contribution in [2.75, 3.05) is 6.54 Å². The van der Waals surface area contributed by atoms with Crippen molar-refractivity contribution >= 4 is 0 Å². The summed E-state index contributed by atoms with van der Waals surface area (Å²) in [5.74, 6) is -0.653. The van der Waals surface area contributed by atoms with E-state index in [9.17, 15) is 17.6 Å². The molecule has 6 heteroatoms. The molecule has 1 N–H and O–H groups in total. The third-order valence-electron chi connectivity index (χ3n) is 3.15. The van der Waals surface area contributed by atoms with Gasteiger partial charge in [0.15, 0.2) is 0 Å². The molecule has 114 valence electrons. The van der Waals surface area contributed by atoms with E-state index < -0.39 is 23.6 Å². The van der Waals surface area contributed by atoms with Crippen molar-refractivity contribution in [1.29, 1.82) is 0 Å². The second-order valence-electron chi connectivity index (χ2n) is 4.60. The molecule has 0 fully saturated rings. The summed E-state index contributed by atoms with van der Waals surface area (Å²) in [5.41, 5.74) is -1.26. The number of likely N-dealkylation sites (N-methyl/N-ethyl adjacent to an activating group) is 1. The quantitative estimate of drug-likeness (QED) is 0.832. The van der Waals surface area contributed by atoms with E-state index in [1.165, 1.54) is 18.4 Å². The normalized spacial score (nSPS) is 13.4. The van der Waals surface area contributed by atoms with Crippen LogP contribution in [0.25, 0.3) is 0 Å². The molecule has 0 aliphatic rings. The van der Waals surface area contributed by atoms with Gasteiger partial charge in [-0.25, -0.2) is 4.39 Å². The number of benzene rings is 1. The molecule has 2 rings (SSSR count). The predicted octanol–water partition coefficient (Wildman–Crippen LogP) is 4.33. The third-order valence-corrected chi connectivity index (χ3v) is 3.15. The van der Waals surface area contributed by atoms with E-state index in [0.29, 0.717) is 12.3 Å². The van der Waals surface area contributed by atoms with Crippen LogP contribution in [0.2, 0.25) is 0 Å². The van der Waals surface area contributed by atoms with E-state index in [1.54, 1.807) is 19.1 Å². The Morgan fingerprint density at radius 1 is 1.19 bits per heavy atom. The van der Waals surface area contributed by atoms with Crippen LogP contribution in [0.4, 0.5) is 17.6 Å². The van der Waals surface area contributed by atoms with E-state index in [4.69, 9.17) is 4.42 Å². The molecule has 1 heterocycles. The summed E-state index contributed by atoms with van der Waals surface area (Å²) in [5, 5.41) is 2.99. The first-order valence-corrected chi connectivity index (χ1v) is 6.54. The maximum atomic E-state index is 14.2. The van der Waals surface area contributed by atoms with Crippen LogP contribution >= 0.6 is 0 Å². The molecule has 1 atom stereocenters. The Hall–Kier alpha value is -1.82. The van der Waals surface area contributed by atoms with Crippen LogP contribution in [0.15, 0.2) is 41.0 Å². The first-order valence-electron chi connectivity index (χ1n) is 6.54. The Kier molecular flexibility index (Phi) is 4.67. The zero-order valence-electron chi connectivity index (χ0n) is 11.4. The van der Waals surface area contributed by atoms with Gasteiger partial charge in [-0.2, -0.15) is 13.2 Å². The number of alkyl halides is 3. The van der Waals surface area contributed by atoms with Crippen molar-refractivity contribution < 1.29 is 22.0 Å². The van der Waals surface area contributed by atoms with E-state index in [2.05, 4.69) is 5.32 Å². The smallest absolute Gasteiger partial charge is 0.419 e. The standard InChI is InChI=1S/C15H15F4NO/c1-2-20-13(9-10-5-4-8-21-10)11-6-3-7-12(14(11)16)15(17,18)19/h3-8,13,20H,2,9H2,1H3. The number of hydrogen-bond donors (Lipinski definition) is 1. The van der Waals surface area contributed by atoms with Gasteiger partial charge in [0.25, 0.3) is 0 Å². The van der Waals surface area contributed by atoms with Gasteiger partial charge in [-0.3, -0.25) is 0 Å². The Labute approximate surface area is 119 Å². The minimum absolute atomic E-state index is 0.0110. The van der Waals surface area contributed by atoms with Crippen LogP contribution in [0, 0.1) is 5.82 Å². The van der Waals surface area contributed by atoms with Gasteiger partial charge in [0.05, 0.1) is 11.8 Å². The molecule has 0 saturated heterocycles. The molecule has 0 saturated carbocycles. The second kappa shape index (κ2) is 6.30. The lowest BCUT2D eigenvalue weighted by atomic mass is 9.99. The highest BCUT2D eigenvalue weighted by atomic mass is 19.4. The average Bonchev–Trinajstić information content (AvgIpc) is 2.90. The van der Waals surface area contributed by atoms with Crippen molar-refractivity contribution in [3.63, 3.8) is 0 Å². The van der Waals surface area contributed by atoms with E-state index in [1.807, 2.05) is 0 Å². The van der Waals surface area contributed by atoms with E-state index >= 15 is 0 Å². The predicted molar refractivity (Wildman–Crippen MR) is 70.2 cm³/mol.